The van der Waals surface area contributed by atoms with E-state index in [9.17, 15) is 14.4 Å². The largest absolute Gasteiger partial charge is 0.290 e. The maximum atomic E-state index is 12.4. The van der Waals surface area contributed by atoms with Crippen LogP contribution in [0.5, 0.6) is 0 Å². The summed E-state index contributed by atoms with van der Waals surface area (Å²) in [7, 11) is 0. The Labute approximate surface area is 178 Å². The van der Waals surface area contributed by atoms with E-state index in [4.69, 9.17) is 11.6 Å². The highest BCUT2D eigenvalue weighted by atomic mass is 35.5. The number of hydrogen-bond donors (Lipinski definition) is 3. The van der Waals surface area contributed by atoms with Crippen LogP contribution in [0, 0.1) is 0 Å². The van der Waals surface area contributed by atoms with Crippen LogP contribution in [-0.2, 0) is 11.2 Å². The fraction of sp³-hybridized carbons (Fsp3) is 0.0500. The third kappa shape index (κ3) is 4.07. The first-order chi connectivity index (χ1) is 14.5. The first-order valence-electron chi connectivity index (χ1n) is 8.79. The van der Waals surface area contributed by atoms with Gasteiger partial charge >= 0.3 is 0 Å². The summed E-state index contributed by atoms with van der Waals surface area (Å²) in [5, 5.41) is 9.83. The molecule has 150 valence electrons. The van der Waals surface area contributed by atoms with Gasteiger partial charge in [-0.05, 0) is 12.1 Å². The van der Waals surface area contributed by atoms with Crippen LogP contribution >= 0.6 is 22.9 Å². The Morgan fingerprint density at radius 2 is 1.77 bits per heavy atom. The van der Waals surface area contributed by atoms with Gasteiger partial charge in [-0.15, -0.1) is 11.3 Å². The molecule has 0 spiro atoms. The molecule has 4 rings (SSSR count). The molecule has 0 radical (unpaired) electrons. The summed E-state index contributed by atoms with van der Waals surface area (Å²) in [6.07, 6.45) is -0.0268. The summed E-state index contributed by atoms with van der Waals surface area (Å²) in [4.78, 5) is 40.9. The lowest BCUT2D eigenvalue weighted by molar-refractivity contribution is -0.121. The molecular formula is C20H14ClN5O3S. The van der Waals surface area contributed by atoms with Crippen molar-refractivity contribution in [2.75, 3.05) is 0 Å². The third-order valence-corrected chi connectivity index (χ3v) is 5.48. The van der Waals surface area contributed by atoms with Gasteiger partial charge in [0, 0.05) is 16.3 Å². The lowest BCUT2D eigenvalue weighted by Crippen LogP contribution is -2.43. The van der Waals surface area contributed by atoms with E-state index in [2.05, 4.69) is 26.0 Å². The highest BCUT2D eigenvalue weighted by molar-refractivity contribution is 7.13. The molecule has 0 saturated carbocycles. The fourth-order valence-electron chi connectivity index (χ4n) is 2.83. The number of amides is 2. The van der Waals surface area contributed by atoms with Crippen molar-refractivity contribution in [3.05, 3.63) is 80.7 Å². The number of thiazole rings is 1. The number of rotatable bonds is 4. The maximum Gasteiger partial charge on any atom is 0.290 e. The van der Waals surface area contributed by atoms with E-state index < -0.39 is 17.4 Å². The molecule has 2 aromatic carbocycles. The first kappa shape index (κ1) is 19.7. The zero-order valence-electron chi connectivity index (χ0n) is 15.3. The highest BCUT2D eigenvalue weighted by Crippen LogP contribution is 2.30. The van der Waals surface area contributed by atoms with Gasteiger partial charge in [0.05, 0.1) is 22.5 Å². The molecule has 0 saturated heterocycles. The zero-order chi connectivity index (χ0) is 21.1. The number of H-pyrrole nitrogens is 1. The molecule has 0 bridgehead atoms. The predicted octanol–water partition coefficient (Wildman–Crippen LogP) is 2.70. The Hall–Kier alpha value is -3.56. The van der Waals surface area contributed by atoms with Crippen molar-refractivity contribution in [2.45, 2.75) is 6.42 Å². The van der Waals surface area contributed by atoms with Gasteiger partial charge in [0.2, 0.25) is 5.91 Å². The normalized spacial score (nSPS) is 10.7. The minimum atomic E-state index is -0.647. The Bertz CT molecular complexity index is 1320. The summed E-state index contributed by atoms with van der Waals surface area (Å²) in [5.41, 5.74) is 5.59. The monoisotopic (exact) mass is 439 g/mol. The SMILES string of the molecule is O=C(Cc1csc(-c2ccccc2Cl)n1)NNC(=O)c1n[nH]c(=O)c2ccccc12. The summed E-state index contributed by atoms with van der Waals surface area (Å²) >= 11 is 7.56. The molecule has 2 aromatic heterocycles. The maximum absolute atomic E-state index is 12.4. The van der Waals surface area contributed by atoms with Gasteiger partial charge in [0.15, 0.2) is 5.69 Å². The fourth-order valence-corrected chi connectivity index (χ4v) is 3.97. The first-order valence-corrected chi connectivity index (χ1v) is 10.0. The van der Waals surface area contributed by atoms with Crippen molar-refractivity contribution >= 4 is 45.5 Å². The van der Waals surface area contributed by atoms with Gasteiger partial charge in [-0.1, -0.05) is 48.0 Å². The molecule has 0 aliphatic carbocycles. The molecule has 8 nitrogen and oxygen atoms in total. The number of benzene rings is 2. The minimum Gasteiger partial charge on any atom is -0.273 e. The molecule has 4 aromatic rings. The number of carbonyl (C=O) groups is 2. The lowest BCUT2D eigenvalue weighted by Gasteiger charge is -2.07. The summed E-state index contributed by atoms with van der Waals surface area (Å²) < 4.78 is 0. The Morgan fingerprint density at radius 3 is 2.57 bits per heavy atom. The topological polar surface area (TPSA) is 117 Å². The molecule has 0 unspecified atom stereocenters. The summed E-state index contributed by atoms with van der Waals surface area (Å²) in [6.45, 7) is 0. The molecule has 2 amide bonds. The number of aromatic nitrogens is 3. The zero-order valence-corrected chi connectivity index (χ0v) is 16.9. The number of halogens is 1. The van der Waals surface area contributed by atoms with E-state index in [1.54, 1.807) is 35.7 Å². The van der Waals surface area contributed by atoms with Crippen LogP contribution < -0.4 is 16.4 Å². The van der Waals surface area contributed by atoms with Gasteiger partial charge in [-0.3, -0.25) is 25.2 Å². The van der Waals surface area contributed by atoms with Crippen LogP contribution in [0.25, 0.3) is 21.3 Å². The van der Waals surface area contributed by atoms with Crippen molar-refractivity contribution in [3.8, 4) is 10.6 Å². The van der Waals surface area contributed by atoms with E-state index in [1.165, 1.54) is 11.3 Å². The van der Waals surface area contributed by atoms with Gasteiger partial charge < -0.3 is 0 Å². The predicted molar refractivity (Wildman–Crippen MR) is 114 cm³/mol. The Kier molecular flexibility index (Phi) is 5.55. The second-order valence-electron chi connectivity index (χ2n) is 6.25. The number of fused-ring (bicyclic) bond motifs is 1. The van der Waals surface area contributed by atoms with Crippen molar-refractivity contribution < 1.29 is 9.59 Å². The van der Waals surface area contributed by atoms with Crippen molar-refractivity contribution in [1.82, 2.24) is 26.0 Å². The van der Waals surface area contributed by atoms with Crippen LogP contribution in [0.2, 0.25) is 5.02 Å². The lowest BCUT2D eigenvalue weighted by atomic mass is 10.1. The summed E-state index contributed by atoms with van der Waals surface area (Å²) in [5.74, 6) is -1.10. The third-order valence-electron chi connectivity index (χ3n) is 4.22. The molecule has 0 atom stereocenters. The van der Waals surface area contributed by atoms with Crippen LogP contribution in [0.4, 0.5) is 0 Å². The van der Waals surface area contributed by atoms with Crippen LogP contribution in [0.3, 0.4) is 0 Å². The van der Waals surface area contributed by atoms with Gasteiger partial charge in [-0.25, -0.2) is 10.1 Å². The molecular weight excluding hydrogens is 426 g/mol. The van der Waals surface area contributed by atoms with Crippen molar-refractivity contribution in [2.24, 2.45) is 0 Å². The van der Waals surface area contributed by atoms with E-state index in [1.807, 2.05) is 18.2 Å². The van der Waals surface area contributed by atoms with E-state index in [-0.39, 0.29) is 12.1 Å². The number of hydrogen-bond acceptors (Lipinski definition) is 6. The number of aromatic amines is 1. The molecule has 0 aliphatic heterocycles. The van der Waals surface area contributed by atoms with E-state index >= 15 is 0 Å². The number of nitrogens with zero attached hydrogens (tertiary/aromatic N) is 2. The minimum absolute atomic E-state index is 0.000152. The highest BCUT2D eigenvalue weighted by Gasteiger charge is 2.16. The molecule has 10 heteroatoms. The molecule has 0 aliphatic rings. The average molecular weight is 440 g/mol. The smallest absolute Gasteiger partial charge is 0.273 e. The van der Waals surface area contributed by atoms with E-state index in [0.29, 0.717) is 26.5 Å². The van der Waals surface area contributed by atoms with Crippen molar-refractivity contribution in [1.29, 1.82) is 0 Å². The quantitative estimate of drug-likeness (QED) is 0.423. The summed E-state index contributed by atoms with van der Waals surface area (Å²) in [6, 6.07) is 13.9. The second kappa shape index (κ2) is 8.44. The molecule has 0 fully saturated rings. The standard InChI is InChI=1S/C20H14ClN5O3S/c21-15-8-4-3-7-14(15)20-22-11(10-30-20)9-16(27)23-26-19(29)17-12-5-1-2-6-13(12)18(28)25-24-17/h1-8,10H,9H2,(H,23,27)(H,25,28)(H,26,29). The second-order valence-corrected chi connectivity index (χ2v) is 7.52. The van der Waals surface area contributed by atoms with Gasteiger partial charge in [-0.2, -0.15) is 5.10 Å². The van der Waals surface area contributed by atoms with Crippen molar-refractivity contribution in [3.63, 3.8) is 0 Å². The Balaban J connectivity index is 1.41. The van der Waals surface area contributed by atoms with Crippen LogP contribution in [-0.4, -0.2) is 27.0 Å². The molecule has 2 heterocycles. The molecule has 30 heavy (non-hydrogen) atoms. The number of nitrogens with one attached hydrogen (secondary N) is 3. The van der Waals surface area contributed by atoms with Crippen LogP contribution in [0.1, 0.15) is 16.2 Å². The number of carbonyl (C=O) groups excluding carboxylic acids is 2. The van der Waals surface area contributed by atoms with Crippen LogP contribution in [0.15, 0.2) is 58.7 Å². The molecule has 3 N–H and O–H groups in total. The number of hydrazine groups is 1. The average Bonchev–Trinajstić information content (AvgIpc) is 3.21. The van der Waals surface area contributed by atoms with Gasteiger partial charge in [0.25, 0.3) is 11.5 Å². The van der Waals surface area contributed by atoms with Gasteiger partial charge in [0.1, 0.15) is 5.01 Å². The van der Waals surface area contributed by atoms with E-state index in [0.717, 1.165) is 5.56 Å². The Morgan fingerprint density at radius 1 is 1.03 bits per heavy atom.